The summed E-state index contributed by atoms with van der Waals surface area (Å²) in [7, 11) is 0. The maximum absolute atomic E-state index is 5.15. The second kappa shape index (κ2) is 14.1. The van der Waals surface area contributed by atoms with E-state index in [1.54, 1.807) is 0 Å². The van der Waals surface area contributed by atoms with Crippen molar-refractivity contribution in [3.63, 3.8) is 0 Å². The molecule has 0 N–H and O–H groups in total. The Morgan fingerprint density at radius 2 is 0.654 bits per heavy atom. The van der Waals surface area contributed by atoms with E-state index in [9.17, 15) is 0 Å². The normalized spacial score (nSPS) is 11.1. The highest BCUT2D eigenvalue weighted by molar-refractivity contribution is 5.81. The third kappa shape index (κ3) is 6.84. The number of benzene rings is 7. The van der Waals surface area contributed by atoms with Crippen LogP contribution >= 0.6 is 0 Å². The lowest BCUT2D eigenvalue weighted by Gasteiger charge is -2.13. The molecule has 0 aliphatic carbocycles. The molecule has 0 spiro atoms. The first kappa shape index (κ1) is 32.8. The molecule has 0 amide bonds. The van der Waals surface area contributed by atoms with Gasteiger partial charge in [0.2, 0.25) is 0 Å². The Morgan fingerprint density at radius 1 is 0.288 bits per heavy atom. The fourth-order valence-corrected chi connectivity index (χ4v) is 7.00. The standard InChI is InChI=1S/C50H40N2/c1-33-22-24-35(3)46(26-33)42-18-8-14-38(28-42)40-16-10-20-44(30-40)48-32-49(52-50(51-48)37-12-6-5-7-13-37)45-21-11-17-41(31-45)39-15-9-19-43(29-39)47-27-34(2)23-25-36(47)4/h5-32H,1-4H3. The van der Waals surface area contributed by atoms with Crippen LogP contribution in [0.1, 0.15) is 22.3 Å². The second-order valence-corrected chi connectivity index (χ2v) is 13.8. The number of aromatic nitrogens is 2. The SMILES string of the molecule is Cc1ccc(C)c(-c2cccc(-c3cccc(-c4cc(-c5cccc(-c6cccc(-c7cc(C)ccc7C)c6)c5)nc(-c5ccccc5)n4)c3)c2)c1. The summed E-state index contributed by atoms with van der Waals surface area (Å²) < 4.78 is 0. The highest BCUT2D eigenvalue weighted by Gasteiger charge is 2.13. The molecule has 0 saturated heterocycles. The monoisotopic (exact) mass is 668 g/mol. The largest absolute Gasteiger partial charge is 0.228 e. The summed E-state index contributed by atoms with van der Waals surface area (Å²) in [6, 6.07) is 60.8. The summed E-state index contributed by atoms with van der Waals surface area (Å²) in [6.07, 6.45) is 0. The summed E-state index contributed by atoms with van der Waals surface area (Å²) in [5, 5.41) is 0. The van der Waals surface area contributed by atoms with Gasteiger partial charge in [-0.1, -0.05) is 151 Å². The molecule has 52 heavy (non-hydrogen) atoms. The van der Waals surface area contributed by atoms with Gasteiger partial charge in [0.1, 0.15) is 0 Å². The molecule has 0 radical (unpaired) electrons. The van der Waals surface area contributed by atoms with Crippen molar-refractivity contribution in [2.75, 3.05) is 0 Å². The van der Waals surface area contributed by atoms with Gasteiger partial charge in [-0.3, -0.25) is 0 Å². The first-order valence-corrected chi connectivity index (χ1v) is 17.9. The van der Waals surface area contributed by atoms with Gasteiger partial charge in [0, 0.05) is 16.7 Å². The smallest absolute Gasteiger partial charge is 0.160 e. The Kier molecular flexibility index (Phi) is 8.89. The van der Waals surface area contributed by atoms with Crippen LogP contribution in [-0.2, 0) is 0 Å². The summed E-state index contributed by atoms with van der Waals surface area (Å²) in [6.45, 7) is 8.66. The van der Waals surface area contributed by atoms with E-state index in [1.165, 1.54) is 55.6 Å². The Hall–Kier alpha value is -6.38. The van der Waals surface area contributed by atoms with Gasteiger partial charge in [-0.15, -0.1) is 0 Å². The van der Waals surface area contributed by atoms with Gasteiger partial charge in [0.25, 0.3) is 0 Å². The molecule has 7 aromatic carbocycles. The molecule has 2 heteroatoms. The molecule has 2 nitrogen and oxygen atoms in total. The van der Waals surface area contributed by atoms with Gasteiger partial charge in [-0.25, -0.2) is 9.97 Å². The zero-order valence-electron chi connectivity index (χ0n) is 30.1. The zero-order chi connectivity index (χ0) is 35.6. The Bertz CT molecular complexity index is 2410. The summed E-state index contributed by atoms with van der Waals surface area (Å²) >= 11 is 0. The van der Waals surface area contributed by atoms with Crippen LogP contribution in [-0.4, -0.2) is 9.97 Å². The average molecular weight is 669 g/mol. The average Bonchev–Trinajstić information content (AvgIpc) is 3.20. The van der Waals surface area contributed by atoms with E-state index < -0.39 is 0 Å². The molecule has 0 fully saturated rings. The summed E-state index contributed by atoms with van der Waals surface area (Å²) in [5.74, 6) is 0.706. The second-order valence-electron chi connectivity index (χ2n) is 13.8. The Labute approximate surface area is 307 Å². The number of aryl methyl sites for hydroxylation is 4. The third-order valence-corrected chi connectivity index (χ3v) is 9.87. The topological polar surface area (TPSA) is 25.8 Å². The zero-order valence-corrected chi connectivity index (χ0v) is 30.1. The molecule has 0 aliphatic rings. The Balaban J connectivity index is 1.20. The third-order valence-electron chi connectivity index (χ3n) is 9.87. The van der Waals surface area contributed by atoms with Gasteiger partial charge in [0.05, 0.1) is 11.4 Å². The van der Waals surface area contributed by atoms with E-state index in [0.29, 0.717) is 5.82 Å². The molecule has 0 atom stereocenters. The number of hydrogen-bond donors (Lipinski definition) is 0. The van der Waals surface area contributed by atoms with Crippen molar-refractivity contribution in [3.05, 3.63) is 192 Å². The fraction of sp³-hybridized carbons (Fsp3) is 0.0800. The number of nitrogens with zero attached hydrogens (tertiary/aromatic N) is 2. The van der Waals surface area contributed by atoms with Crippen molar-refractivity contribution >= 4 is 0 Å². The highest BCUT2D eigenvalue weighted by Crippen LogP contribution is 2.35. The van der Waals surface area contributed by atoms with Crippen LogP contribution in [0.3, 0.4) is 0 Å². The quantitative estimate of drug-likeness (QED) is 0.169. The van der Waals surface area contributed by atoms with Crippen molar-refractivity contribution in [3.8, 4) is 78.4 Å². The fourth-order valence-electron chi connectivity index (χ4n) is 7.00. The summed E-state index contributed by atoms with van der Waals surface area (Å²) in [5.41, 5.74) is 19.6. The van der Waals surface area contributed by atoms with Gasteiger partial charge >= 0.3 is 0 Å². The van der Waals surface area contributed by atoms with Crippen LogP contribution in [0.25, 0.3) is 78.4 Å². The molecule has 8 rings (SSSR count). The lowest BCUT2D eigenvalue weighted by molar-refractivity contribution is 1.18. The van der Waals surface area contributed by atoms with Crippen molar-refractivity contribution in [1.29, 1.82) is 0 Å². The van der Waals surface area contributed by atoms with Crippen molar-refractivity contribution < 1.29 is 0 Å². The van der Waals surface area contributed by atoms with Crippen LogP contribution in [0, 0.1) is 27.7 Å². The highest BCUT2D eigenvalue weighted by atomic mass is 14.9. The van der Waals surface area contributed by atoms with Gasteiger partial charge in [0.15, 0.2) is 5.82 Å². The van der Waals surface area contributed by atoms with Crippen LogP contribution < -0.4 is 0 Å². The molecular formula is C50H40N2. The minimum Gasteiger partial charge on any atom is -0.228 e. The molecular weight excluding hydrogens is 629 g/mol. The van der Waals surface area contributed by atoms with E-state index in [4.69, 9.17) is 9.97 Å². The van der Waals surface area contributed by atoms with E-state index in [2.05, 4.69) is 179 Å². The Morgan fingerprint density at radius 3 is 1.10 bits per heavy atom. The predicted octanol–water partition coefficient (Wildman–Crippen LogP) is 13.4. The minimum absolute atomic E-state index is 0.706. The molecule has 0 bridgehead atoms. The first-order chi connectivity index (χ1) is 25.4. The first-order valence-electron chi connectivity index (χ1n) is 17.9. The van der Waals surface area contributed by atoms with Crippen LogP contribution in [0.4, 0.5) is 0 Å². The summed E-state index contributed by atoms with van der Waals surface area (Å²) in [4.78, 5) is 10.3. The van der Waals surface area contributed by atoms with Crippen LogP contribution in [0.15, 0.2) is 170 Å². The maximum atomic E-state index is 5.15. The lowest BCUT2D eigenvalue weighted by Crippen LogP contribution is -1.96. The van der Waals surface area contributed by atoms with Crippen molar-refractivity contribution in [2.45, 2.75) is 27.7 Å². The van der Waals surface area contributed by atoms with Gasteiger partial charge < -0.3 is 0 Å². The molecule has 0 saturated carbocycles. The minimum atomic E-state index is 0.706. The van der Waals surface area contributed by atoms with E-state index in [1.807, 2.05) is 18.2 Å². The van der Waals surface area contributed by atoms with Gasteiger partial charge in [-0.2, -0.15) is 0 Å². The molecule has 250 valence electrons. The number of hydrogen-bond acceptors (Lipinski definition) is 2. The van der Waals surface area contributed by atoms with Crippen LogP contribution in [0.5, 0.6) is 0 Å². The van der Waals surface area contributed by atoms with E-state index >= 15 is 0 Å². The predicted molar refractivity (Wildman–Crippen MR) is 219 cm³/mol. The lowest BCUT2D eigenvalue weighted by atomic mass is 9.94. The molecule has 0 unspecified atom stereocenters. The van der Waals surface area contributed by atoms with Gasteiger partial charge in [-0.05, 0) is 114 Å². The number of rotatable bonds is 7. The van der Waals surface area contributed by atoms with Crippen molar-refractivity contribution in [2.24, 2.45) is 0 Å². The molecule has 1 aromatic heterocycles. The molecule has 0 aliphatic heterocycles. The van der Waals surface area contributed by atoms with E-state index in [0.717, 1.165) is 39.2 Å². The van der Waals surface area contributed by atoms with E-state index in [-0.39, 0.29) is 0 Å². The van der Waals surface area contributed by atoms with Crippen LogP contribution in [0.2, 0.25) is 0 Å². The maximum Gasteiger partial charge on any atom is 0.160 e. The van der Waals surface area contributed by atoms with Crippen molar-refractivity contribution in [1.82, 2.24) is 9.97 Å². The molecule has 8 aromatic rings. The molecule has 1 heterocycles.